The van der Waals surface area contributed by atoms with E-state index in [1.807, 2.05) is 84.9 Å². The van der Waals surface area contributed by atoms with Crippen LogP contribution in [0.5, 0.6) is 0 Å². The topological polar surface area (TPSA) is 56.5 Å². The van der Waals surface area contributed by atoms with Crippen LogP contribution in [-0.2, 0) is 16.9 Å². The lowest BCUT2D eigenvalue weighted by molar-refractivity contribution is -0.0153. The molecule has 1 aliphatic heterocycles. The average Bonchev–Trinajstić information content (AvgIpc) is 2.90. The average molecular weight is 441 g/mol. The minimum atomic E-state index is -0.960. The van der Waals surface area contributed by atoms with Crippen LogP contribution >= 0.6 is 0 Å². The Morgan fingerprint density at radius 3 is 2.00 bits per heavy atom. The van der Waals surface area contributed by atoms with Crippen LogP contribution in [0.25, 0.3) is 0 Å². The molecule has 0 amide bonds. The molecule has 170 valence electrons. The van der Waals surface area contributed by atoms with Crippen molar-refractivity contribution < 1.29 is 9.84 Å². The molecule has 0 unspecified atom stereocenters. The van der Waals surface area contributed by atoms with Gasteiger partial charge in [-0.2, -0.15) is 5.26 Å². The van der Waals surface area contributed by atoms with E-state index >= 15 is 0 Å². The molecule has 1 saturated heterocycles. The maximum absolute atomic E-state index is 12.0. The minimum Gasteiger partial charge on any atom is -0.380 e. The lowest BCUT2D eigenvalue weighted by Crippen LogP contribution is -2.44. The number of likely N-dealkylation sites (tertiary alicyclic amines) is 1. The summed E-state index contributed by atoms with van der Waals surface area (Å²) in [6.07, 6.45) is 2.92. The van der Waals surface area contributed by atoms with Crippen molar-refractivity contribution in [3.05, 3.63) is 107 Å². The molecule has 1 heterocycles. The maximum Gasteiger partial charge on any atom is 0.117 e. The van der Waals surface area contributed by atoms with Crippen molar-refractivity contribution >= 4 is 0 Å². The molecule has 0 aliphatic carbocycles. The summed E-state index contributed by atoms with van der Waals surface area (Å²) in [6, 6.07) is 29.9. The first kappa shape index (κ1) is 23.2. The van der Waals surface area contributed by atoms with Gasteiger partial charge in [-0.15, -0.1) is 0 Å². The van der Waals surface area contributed by atoms with E-state index in [-0.39, 0.29) is 5.92 Å². The molecule has 0 atom stereocenters. The van der Waals surface area contributed by atoms with Crippen molar-refractivity contribution in [2.24, 2.45) is 5.92 Å². The van der Waals surface area contributed by atoms with Crippen molar-refractivity contribution in [3.63, 3.8) is 0 Å². The molecule has 4 rings (SSSR count). The lowest BCUT2D eigenvalue weighted by atomic mass is 9.72. The predicted octanol–water partition coefficient (Wildman–Crippen LogP) is 5.11. The van der Waals surface area contributed by atoms with E-state index in [1.54, 1.807) is 0 Å². The highest BCUT2D eigenvalue weighted by Crippen LogP contribution is 2.41. The molecule has 4 heteroatoms. The molecule has 3 aromatic carbocycles. The highest BCUT2D eigenvalue weighted by Gasteiger charge is 2.41. The zero-order valence-corrected chi connectivity index (χ0v) is 19.1. The van der Waals surface area contributed by atoms with Crippen LogP contribution in [0.3, 0.4) is 0 Å². The molecule has 1 N–H and O–H groups in total. The number of nitrogens with zero attached hydrogens (tertiary/aromatic N) is 2. The smallest absolute Gasteiger partial charge is 0.117 e. The van der Waals surface area contributed by atoms with Crippen molar-refractivity contribution in [3.8, 4) is 6.07 Å². The third kappa shape index (κ3) is 5.69. The Kier molecular flexibility index (Phi) is 7.91. The van der Waals surface area contributed by atoms with Gasteiger partial charge in [0.15, 0.2) is 0 Å². The van der Waals surface area contributed by atoms with E-state index in [0.717, 1.165) is 62.2 Å². The van der Waals surface area contributed by atoms with E-state index < -0.39 is 5.60 Å². The first-order valence-corrected chi connectivity index (χ1v) is 11.8. The predicted molar refractivity (Wildman–Crippen MR) is 130 cm³/mol. The van der Waals surface area contributed by atoms with Gasteiger partial charge >= 0.3 is 0 Å². The first-order valence-electron chi connectivity index (χ1n) is 11.8. The molecule has 33 heavy (non-hydrogen) atoms. The molecule has 3 aromatic rings. The second-order valence-electron chi connectivity index (χ2n) is 8.83. The fourth-order valence-electron chi connectivity index (χ4n) is 4.85. The fourth-order valence-corrected chi connectivity index (χ4v) is 4.85. The Hall–Kier alpha value is -2.97. The van der Waals surface area contributed by atoms with Crippen LogP contribution < -0.4 is 0 Å². The summed E-state index contributed by atoms with van der Waals surface area (Å²) in [7, 11) is 0. The summed E-state index contributed by atoms with van der Waals surface area (Å²) in [6.45, 7) is 4.28. The van der Waals surface area contributed by atoms with E-state index in [0.29, 0.717) is 12.2 Å². The van der Waals surface area contributed by atoms with Crippen LogP contribution in [0.2, 0.25) is 0 Å². The van der Waals surface area contributed by atoms with E-state index in [1.165, 1.54) is 0 Å². The van der Waals surface area contributed by atoms with Crippen molar-refractivity contribution in [2.75, 3.05) is 26.2 Å². The third-order valence-corrected chi connectivity index (χ3v) is 6.72. The van der Waals surface area contributed by atoms with Crippen LogP contribution in [0.4, 0.5) is 0 Å². The summed E-state index contributed by atoms with van der Waals surface area (Å²) in [4.78, 5) is 2.48. The SMILES string of the molecule is N#Cc1ccc(COCCCN2CCC(C(O)(c3ccccc3)c3ccccc3)CC2)cc1. The second kappa shape index (κ2) is 11.2. The summed E-state index contributed by atoms with van der Waals surface area (Å²) >= 11 is 0. The molecule has 0 saturated carbocycles. The van der Waals surface area contributed by atoms with Gasteiger partial charge in [-0.05, 0) is 67.1 Å². The largest absolute Gasteiger partial charge is 0.380 e. The number of rotatable bonds is 9. The van der Waals surface area contributed by atoms with Gasteiger partial charge in [-0.25, -0.2) is 0 Å². The molecule has 0 bridgehead atoms. The first-order chi connectivity index (χ1) is 16.2. The van der Waals surface area contributed by atoms with E-state index in [2.05, 4.69) is 11.0 Å². The Labute approximate surface area is 197 Å². The third-order valence-electron chi connectivity index (χ3n) is 6.72. The summed E-state index contributed by atoms with van der Waals surface area (Å²) in [5, 5.41) is 20.9. The monoisotopic (exact) mass is 440 g/mol. The van der Waals surface area contributed by atoms with Crippen molar-refractivity contribution in [1.29, 1.82) is 5.26 Å². The molecular weight excluding hydrogens is 408 g/mol. The number of benzene rings is 3. The second-order valence-corrected chi connectivity index (χ2v) is 8.83. The van der Waals surface area contributed by atoms with Gasteiger partial charge in [0.2, 0.25) is 0 Å². The standard InChI is InChI=1S/C29H32N2O2/c30-22-24-12-14-25(15-13-24)23-33-21-7-18-31-19-16-28(17-20-31)29(32,26-8-3-1-4-9-26)27-10-5-2-6-11-27/h1-6,8-15,28,32H,7,16-21,23H2. The van der Waals surface area contributed by atoms with Crippen LogP contribution in [0, 0.1) is 17.2 Å². The Morgan fingerprint density at radius 1 is 0.879 bits per heavy atom. The Morgan fingerprint density at radius 2 is 1.45 bits per heavy atom. The van der Waals surface area contributed by atoms with E-state index in [9.17, 15) is 5.11 Å². The number of ether oxygens (including phenoxy) is 1. The lowest BCUT2D eigenvalue weighted by Gasteiger charge is -2.42. The highest BCUT2D eigenvalue weighted by atomic mass is 16.5. The fraction of sp³-hybridized carbons (Fsp3) is 0.345. The van der Waals surface area contributed by atoms with Gasteiger partial charge in [0.25, 0.3) is 0 Å². The number of hydrogen-bond donors (Lipinski definition) is 1. The zero-order valence-electron chi connectivity index (χ0n) is 19.1. The van der Waals surface area contributed by atoms with Gasteiger partial charge in [0.1, 0.15) is 5.60 Å². The summed E-state index contributed by atoms with van der Waals surface area (Å²) < 4.78 is 5.83. The Balaban J connectivity index is 1.27. The summed E-state index contributed by atoms with van der Waals surface area (Å²) in [5.74, 6) is 0.186. The van der Waals surface area contributed by atoms with Crippen molar-refractivity contribution in [1.82, 2.24) is 4.90 Å². The maximum atomic E-state index is 12.0. The number of hydrogen-bond acceptors (Lipinski definition) is 4. The van der Waals surface area contributed by atoms with Gasteiger partial charge in [0.05, 0.1) is 18.2 Å². The van der Waals surface area contributed by atoms with E-state index in [4.69, 9.17) is 10.00 Å². The molecule has 4 nitrogen and oxygen atoms in total. The molecular formula is C29H32N2O2. The van der Waals surface area contributed by atoms with Crippen LogP contribution in [0.15, 0.2) is 84.9 Å². The molecule has 0 aromatic heterocycles. The molecule has 0 radical (unpaired) electrons. The number of nitriles is 1. The summed E-state index contributed by atoms with van der Waals surface area (Å²) in [5.41, 5.74) is 2.76. The van der Waals surface area contributed by atoms with Gasteiger partial charge < -0.3 is 14.7 Å². The zero-order chi connectivity index (χ0) is 22.9. The van der Waals surface area contributed by atoms with Gasteiger partial charge in [-0.3, -0.25) is 0 Å². The van der Waals surface area contributed by atoms with Crippen LogP contribution in [-0.4, -0.2) is 36.2 Å². The van der Waals surface area contributed by atoms with Gasteiger partial charge in [0, 0.05) is 13.2 Å². The van der Waals surface area contributed by atoms with Crippen molar-refractivity contribution in [2.45, 2.75) is 31.5 Å². The minimum absolute atomic E-state index is 0.186. The number of piperidine rings is 1. The van der Waals surface area contributed by atoms with Gasteiger partial charge in [-0.1, -0.05) is 72.8 Å². The Bertz CT molecular complexity index is 981. The normalized spacial score (nSPS) is 15.3. The number of aliphatic hydroxyl groups is 1. The van der Waals surface area contributed by atoms with Crippen LogP contribution in [0.1, 0.15) is 41.5 Å². The quantitative estimate of drug-likeness (QED) is 0.470. The molecule has 0 spiro atoms. The molecule has 1 fully saturated rings. The molecule has 1 aliphatic rings. The highest BCUT2D eigenvalue weighted by molar-refractivity contribution is 5.37.